The molecule has 0 unspecified atom stereocenters. The van der Waals surface area contributed by atoms with Crippen LogP contribution >= 0.6 is 0 Å². The maximum absolute atomic E-state index is 10.9. The topological polar surface area (TPSA) is 70.5 Å². The van der Waals surface area contributed by atoms with Crippen molar-refractivity contribution >= 4 is 17.7 Å². The van der Waals surface area contributed by atoms with Gasteiger partial charge in [0.1, 0.15) is 5.84 Å². The average Bonchev–Trinajstić information content (AvgIpc) is 2.35. The Morgan fingerprint density at radius 2 is 2.33 bits per heavy atom. The predicted molar refractivity (Wildman–Crippen MR) is 40.2 cm³/mol. The number of carbonyl (C=O) groups is 2. The van der Waals surface area contributed by atoms with E-state index in [1.165, 1.54) is 0 Å². The standard InChI is InChI=1S/C7H10N2O3/c1-2-7(11)12-9-5(8)3-4-6(9)10/h8H,2-4H2,1H3. The second kappa shape index (κ2) is 3.34. The van der Waals surface area contributed by atoms with Crippen LogP contribution in [0.2, 0.25) is 0 Å². The van der Waals surface area contributed by atoms with Crippen LogP contribution < -0.4 is 0 Å². The van der Waals surface area contributed by atoms with E-state index in [0.29, 0.717) is 6.42 Å². The van der Waals surface area contributed by atoms with E-state index in [4.69, 9.17) is 5.41 Å². The third kappa shape index (κ3) is 1.61. The van der Waals surface area contributed by atoms with Crippen LogP contribution in [0.25, 0.3) is 0 Å². The summed E-state index contributed by atoms with van der Waals surface area (Å²) in [6, 6.07) is 0. The van der Waals surface area contributed by atoms with Crippen molar-refractivity contribution in [2.75, 3.05) is 0 Å². The van der Waals surface area contributed by atoms with Crippen molar-refractivity contribution in [1.29, 1.82) is 5.41 Å². The summed E-state index contributed by atoms with van der Waals surface area (Å²) in [7, 11) is 0. The maximum Gasteiger partial charge on any atom is 0.332 e. The summed E-state index contributed by atoms with van der Waals surface area (Å²) in [5, 5.41) is 8.00. The summed E-state index contributed by atoms with van der Waals surface area (Å²) in [6.07, 6.45) is 0.822. The third-order valence-corrected chi connectivity index (χ3v) is 1.53. The molecule has 0 bridgehead atoms. The molecule has 0 aromatic carbocycles. The van der Waals surface area contributed by atoms with Crippen LogP contribution in [0.4, 0.5) is 0 Å². The van der Waals surface area contributed by atoms with Crippen molar-refractivity contribution in [3.05, 3.63) is 0 Å². The molecule has 1 saturated heterocycles. The van der Waals surface area contributed by atoms with Crippen molar-refractivity contribution in [2.24, 2.45) is 0 Å². The molecule has 1 heterocycles. The van der Waals surface area contributed by atoms with Crippen molar-refractivity contribution in [2.45, 2.75) is 26.2 Å². The Morgan fingerprint density at radius 1 is 1.67 bits per heavy atom. The van der Waals surface area contributed by atoms with E-state index < -0.39 is 5.97 Å². The van der Waals surface area contributed by atoms with Gasteiger partial charge in [0.05, 0.1) is 0 Å². The van der Waals surface area contributed by atoms with Gasteiger partial charge < -0.3 is 4.84 Å². The first kappa shape index (κ1) is 8.70. The fraction of sp³-hybridized carbons (Fsp3) is 0.571. The van der Waals surface area contributed by atoms with Gasteiger partial charge in [-0.25, -0.2) is 4.79 Å². The zero-order chi connectivity index (χ0) is 9.14. The summed E-state index contributed by atoms with van der Waals surface area (Å²) in [4.78, 5) is 26.3. The molecule has 1 aliphatic heterocycles. The monoisotopic (exact) mass is 170 g/mol. The molecule has 12 heavy (non-hydrogen) atoms. The number of amides is 1. The van der Waals surface area contributed by atoms with Crippen LogP contribution in [-0.2, 0) is 14.4 Å². The molecule has 1 N–H and O–H groups in total. The minimum absolute atomic E-state index is 0.0572. The van der Waals surface area contributed by atoms with Gasteiger partial charge in [-0.15, -0.1) is 5.06 Å². The molecule has 0 aromatic rings. The average molecular weight is 170 g/mol. The molecule has 0 atom stereocenters. The number of nitrogens with zero attached hydrogens (tertiary/aromatic N) is 1. The molecule has 5 nitrogen and oxygen atoms in total. The highest BCUT2D eigenvalue weighted by Gasteiger charge is 2.29. The number of hydrogen-bond acceptors (Lipinski definition) is 4. The Kier molecular flexibility index (Phi) is 2.42. The molecular formula is C7H10N2O3. The molecule has 1 rings (SSSR count). The Hall–Kier alpha value is -1.39. The quantitative estimate of drug-likeness (QED) is 0.654. The normalized spacial score (nSPS) is 16.9. The minimum Gasteiger partial charge on any atom is -0.332 e. The van der Waals surface area contributed by atoms with Gasteiger partial charge in [0.25, 0.3) is 5.91 Å². The highest BCUT2D eigenvalue weighted by Crippen LogP contribution is 2.12. The molecule has 0 aromatic heterocycles. The highest BCUT2D eigenvalue weighted by molar-refractivity contribution is 6.02. The highest BCUT2D eigenvalue weighted by atomic mass is 16.7. The lowest BCUT2D eigenvalue weighted by atomic mass is 10.4. The Labute approximate surface area is 69.8 Å². The van der Waals surface area contributed by atoms with E-state index in [1.54, 1.807) is 6.92 Å². The molecular weight excluding hydrogens is 160 g/mol. The van der Waals surface area contributed by atoms with Crippen LogP contribution in [0.15, 0.2) is 0 Å². The first-order valence-corrected chi connectivity index (χ1v) is 3.76. The number of hydrogen-bond donors (Lipinski definition) is 1. The second-order valence-electron chi connectivity index (χ2n) is 2.45. The Morgan fingerprint density at radius 3 is 2.75 bits per heavy atom. The van der Waals surface area contributed by atoms with Crippen molar-refractivity contribution in [3.8, 4) is 0 Å². The summed E-state index contributed by atoms with van der Waals surface area (Å²) in [5.41, 5.74) is 0. The summed E-state index contributed by atoms with van der Waals surface area (Å²) in [6.45, 7) is 1.63. The van der Waals surface area contributed by atoms with Gasteiger partial charge >= 0.3 is 5.97 Å². The lowest BCUT2D eigenvalue weighted by molar-refractivity contribution is -0.180. The lowest BCUT2D eigenvalue weighted by Gasteiger charge is -2.13. The Bertz CT molecular complexity index is 221. The Balaban J connectivity index is 2.56. The first-order valence-electron chi connectivity index (χ1n) is 3.76. The first-order chi connectivity index (χ1) is 5.65. The van der Waals surface area contributed by atoms with Gasteiger partial charge in [0.15, 0.2) is 0 Å². The van der Waals surface area contributed by atoms with Crippen molar-refractivity contribution in [3.63, 3.8) is 0 Å². The number of hydroxylamine groups is 2. The van der Waals surface area contributed by atoms with Crippen LogP contribution in [0.1, 0.15) is 26.2 Å². The molecule has 0 saturated carbocycles. The van der Waals surface area contributed by atoms with E-state index in [2.05, 4.69) is 4.84 Å². The molecule has 1 amide bonds. The molecule has 0 spiro atoms. The SMILES string of the molecule is CCC(=O)ON1C(=N)CCC1=O. The number of amidine groups is 1. The second-order valence-corrected chi connectivity index (χ2v) is 2.45. The van der Waals surface area contributed by atoms with E-state index in [-0.39, 0.29) is 24.6 Å². The number of carbonyl (C=O) groups excluding carboxylic acids is 2. The predicted octanol–water partition coefficient (Wildman–Crippen LogP) is 0.454. The van der Waals surface area contributed by atoms with Crippen LogP contribution in [0.3, 0.4) is 0 Å². The van der Waals surface area contributed by atoms with Crippen LogP contribution in [0.5, 0.6) is 0 Å². The van der Waals surface area contributed by atoms with E-state index in [1.807, 2.05) is 0 Å². The van der Waals surface area contributed by atoms with Gasteiger partial charge in [-0.2, -0.15) is 0 Å². The summed E-state index contributed by atoms with van der Waals surface area (Å²) >= 11 is 0. The smallest absolute Gasteiger partial charge is 0.332 e. The molecule has 5 heteroatoms. The molecule has 0 aliphatic carbocycles. The van der Waals surface area contributed by atoms with Crippen molar-refractivity contribution < 1.29 is 14.4 Å². The van der Waals surface area contributed by atoms with E-state index >= 15 is 0 Å². The zero-order valence-electron chi connectivity index (χ0n) is 6.79. The zero-order valence-corrected chi connectivity index (χ0v) is 6.79. The maximum atomic E-state index is 10.9. The largest absolute Gasteiger partial charge is 0.332 e. The fourth-order valence-corrected chi connectivity index (χ4v) is 0.851. The fourth-order valence-electron chi connectivity index (χ4n) is 0.851. The third-order valence-electron chi connectivity index (χ3n) is 1.53. The molecule has 1 fully saturated rings. The van der Waals surface area contributed by atoms with Crippen LogP contribution in [0, 0.1) is 5.41 Å². The summed E-state index contributed by atoms with van der Waals surface area (Å²) < 4.78 is 0. The van der Waals surface area contributed by atoms with Crippen molar-refractivity contribution in [1.82, 2.24) is 5.06 Å². The molecule has 1 aliphatic rings. The number of nitrogens with one attached hydrogen (secondary N) is 1. The molecule has 66 valence electrons. The minimum atomic E-state index is -0.491. The number of rotatable bonds is 2. The van der Waals surface area contributed by atoms with Crippen LogP contribution in [-0.4, -0.2) is 22.8 Å². The summed E-state index contributed by atoms with van der Waals surface area (Å²) in [5.74, 6) is -0.751. The van der Waals surface area contributed by atoms with E-state index in [9.17, 15) is 9.59 Å². The van der Waals surface area contributed by atoms with Gasteiger partial charge in [-0.3, -0.25) is 10.2 Å². The van der Waals surface area contributed by atoms with E-state index in [0.717, 1.165) is 5.06 Å². The van der Waals surface area contributed by atoms with Gasteiger partial charge in [-0.1, -0.05) is 6.92 Å². The van der Waals surface area contributed by atoms with Gasteiger partial charge in [0, 0.05) is 19.3 Å². The van der Waals surface area contributed by atoms with Gasteiger partial charge in [-0.05, 0) is 0 Å². The van der Waals surface area contributed by atoms with Gasteiger partial charge in [0.2, 0.25) is 0 Å². The lowest BCUT2D eigenvalue weighted by Crippen LogP contribution is -2.31. The molecule has 0 radical (unpaired) electrons.